The van der Waals surface area contributed by atoms with E-state index in [1.54, 1.807) is 18.9 Å². The van der Waals surface area contributed by atoms with Gasteiger partial charge in [0.15, 0.2) is 0 Å². The number of methoxy groups -OCH3 is 1. The normalized spacial score (nSPS) is 10.3. The smallest absolute Gasteiger partial charge is 0.241 e. The summed E-state index contributed by atoms with van der Waals surface area (Å²) in [4.78, 5) is 0. The molecule has 0 atom stereocenters. The fourth-order valence-electron chi connectivity index (χ4n) is 1.45. The van der Waals surface area contributed by atoms with Gasteiger partial charge in [0, 0.05) is 16.5 Å². The second-order valence-corrected chi connectivity index (χ2v) is 4.17. The lowest BCUT2D eigenvalue weighted by atomic mass is 10.2. The van der Waals surface area contributed by atoms with Gasteiger partial charge in [-0.05, 0) is 6.07 Å². The lowest BCUT2D eigenvalue weighted by Gasteiger charge is -2.06. The molecule has 0 amide bonds. The SMILES string of the molecule is C=CCSc1nnc(OC)c2ccccc12. The molecule has 1 aromatic carbocycles. The maximum Gasteiger partial charge on any atom is 0.241 e. The maximum atomic E-state index is 5.18. The molecule has 82 valence electrons. The molecule has 0 aliphatic rings. The van der Waals surface area contributed by atoms with E-state index in [-0.39, 0.29) is 0 Å². The number of hydrogen-bond donors (Lipinski definition) is 0. The zero-order valence-electron chi connectivity index (χ0n) is 9.01. The molecule has 0 N–H and O–H groups in total. The van der Waals surface area contributed by atoms with Gasteiger partial charge in [0.1, 0.15) is 5.03 Å². The third-order valence-electron chi connectivity index (χ3n) is 2.15. The second kappa shape index (κ2) is 4.99. The predicted molar refractivity (Wildman–Crippen MR) is 67.0 cm³/mol. The van der Waals surface area contributed by atoms with Crippen LogP contribution in [0.3, 0.4) is 0 Å². The van der Waals surface area contributed by atoms with Gasteiger partial charge < -0.3 is 4.74 Å². The summed E-state index contributed by atoms with van der Waals surface area (Å²) in [6, 6.07) is 7.97. The molecule has 0 radical (unpaired) electrons. The fraction of sp³-hybridized carbons (Fsp3) is 0.167. The summed E-state index contributed by atoms with van der Waals surface area (Å²) in [5.74, 6) is 1.39. The average Bonchev–Trinajstić information content (AvgIpc) is 2.36. The van der Waals surface area contributed by atoms with Crippen molar-refractivity contribution < 1.29 is 4.74 Å². The van der Waals surface area contributed by atoms with Gasteiger partial charge in [0.2, 0.25) is 5.88 Å². The van der Waals surface area contributed by atoms with E-state index >= 15 is 0 Å². The molecular weight excluding hydrogens is 220 g/mol. The number of rotatable bonds is 4. The van der Waals surface area contributed by atoms with E-state index in [1.165, 1.54) is 0 Å². The van der Waals surface area contributed by atoms with Crippen LogP contribution in [0.25, 0.3) is 10.8 Å². The molecule has 3 nitrogen and oxygen atoms in total. The predicted octanol–water partition coefficient (Wildman–Crippen LogP) is 2.92. The number of fused-ring (bicyclic) bond motifs is 1. The number of nitrogens with zero attached hydrogens (tertiary/aromatic N) is 2. The first-order valence-electron chi connectivity index (χ1n) is 4.90. The van der Waals surface area contributed by atoms with Gasteiger partial charge in [-0.2, -0.15) is 0 Å². The highest BCUT2D eigenvalue weighted by Gasteiger charge is 2.08. The van der Waals surface area contributed by atoms with Crippen LogP contribution in [-0.4, -0.2) is 23.1 Å². The number of benzene rings is 1. The van der Waals surface area contributed by atoms with Crippen molar-refractivity contribution in [2.45, 2.75) is 5.03 Å². The Bertz CT molecular complexity index is 513. The number of ether oxygens (including phenoxy) is 1. The van der Waals surface area contributed by atoms with Crippen molar-refractivity contribution in [2.24, 2.45) is 0 Å². The van der Waals surface area contributed by atoms with Gasteiger partial charge in [0.05, 0.1) is 7.11 Å². The fourth-order valence-corrected chi connectivity index (χ4v) is 2.16. The first-order valence-corrected chi connectivity index (χ1v) is 5.88. The molecule has 0 fully saturated rings. The summed E-state index contributed by atoms with van der Waals surface area (Å²) < 4.78 is 5.18. The van der Waals surface area contributed by atoms with Crippen LogP contribution in [0.4, 0.5) is 0 Å². The van der Waals surface area contributed by atoms with Crippen LogP contribution < -0.4 is 4.74 Å². The Labute approximate surface area is 98.5 Å². The Morgan fingerprint density at radius 1 is 1.31 bits per heavy atom. The molecular formula is C12H12N2OS. The molecule has 0 saturated carbocycles. The first-order chi connectivity index (χ1) is 7.86. The van der Waals surface area contributed by atoms with Crippen molar-refractivity contribution in [1.29, 1.82) is 0 Å². The molecule has 4 heteroatoms. The Morgan fingerprint density at radius 3 is 2.75 bits per heavy atom. The zero-order valence-corrected chi connectivity index (χ0v) is 9.83. The van der Waals surface area contributed by atoms with Crippen molar-refractivity contribution >= 4 is 22.5 Å². The number of thioether (sulfide) groups is 1. The summed E-state index contributed by atoms with van der Waals surface area (Å²) in [6.45, 7) is 3.70. The summed E-state index contributed by atoms with van der Waals surface area (Å²) >= 11 is 1.62. The van der Waals surface area contributed by atoms with E-state index in [9.17, 15) is 0 Å². The summed E-state index contributed by atoms with van der Waals surface area (Å²) in [7, 11) is 1.60. The van der Waals surface area contributed by atoms with Crippen LogP contribution in [0.1, 0.15) is 0 Å². The summed E-state index contributed by atoms with van der Waals surface area (Å²) in [6.07, 6.45) is 1.85. The van der Waals surface area contributed by atoms with E-state index < -0.39 is 0 Å². The molecule has 2 rings (SSSR count). The van der Waals surface area contributed by atoms with Crippen LogP contribution in [0.15, 0.2) is 41.9 Å². The average molecular weight is 232 g/mol. The standard InChI is InChI=1S/C12H12N2OS/c1-3-8-16-12-10-7-5-4-6-9(10)11(15-2)13-14-12/h3-7H,1,8H2,2H3. The van der Waals surface area contributed by atoms with E-state index in [4.69, 9.17) is 4.74 Å². The van der Waals surface area contributed by atoms with Crippen molar-refractivity contribution in [2.75, 3.05) is 12.9 Å². The minimum atomic E-state index is 0.568. The molecule has 0 unspecified atom stereocenters. The van der Waals surface area contributed by atoms with Crippen LogP contribution in [-0.2, 0) is 0 Å². The molecule has 0 bridgehead atoms. The minimum Gasteiger partial charge on any atom is -0.479 e. The highest BCUT2D eigenvalue weighted by Crippen LogP contribution is 2.29. The molecule has 2 aromatic rings. The van der Waals surface area contributed by atoms with Crippen molar-refractivity contribution in [3.8, 4) is 5.88 Å². The van der Waals surface area contributed by atoms with Gasteiger partial charge >= 0.3 is 0 Å². The Hall–Kier alpha value is -1.55. The minimum absolute atomic E-state index is 0.568. The third kappa shape index (κ3) is 2.02. The molecule has 0 saturated heterocycles. The Morgan fingerprint density at radius 2 is 2.06 bits per heavy atom. The summed E-state index contributed by atoms with van der Waals surface area (Å²) in [5, 5.41) is 11.2. The van der Waals surface area contributed by atoms with E-state index in [0.717, 1.165) is 21.6 Å². The lowest BCUT2D eigenvalue weighted by Crippen LogP contribution is -1.94. The lowest BCUT2D eigenvalue weighted by molar-refractivity contribution is 0.396. The van der Waals surface area contributed by atoms with Gasteiger partial charge in [-0.3, -0.25) is 0 Å². The zero-order chi connectivity index (χ0) is 11.4. The molecule has 1 heterocycles. The molecule has 1 aromatic heterocycles. The van der Waals surface area contributed by atoms with Crippen molar-refractivity contribution in [3.63, 3.8) is 0 Å². The molecule has 0 aliphatic carbocycles. The maximum absolute atomic E-state index is 5.18. The molecule has 0 aliphatic heterocycles. The largest absolute Gasteiger partial charge is 0.479 e. The van der Waals surface area contributed by atoms with Crippen LogP contribution in [0, 0.1) is 0 Å². The highest BCUT2D eigenvalue weighted by atomic mass is 32.2. The quantitative estimate of drug-likeness (QED) is 0.599. The summed E-state index contributed by atoms with van der Waals surface area (Å²) in [5.41, 5.74) is 0. The Balaban J connectivity index is 2.55. The van der Waals surface area contributed by atoms with E-state index in [2.05, 4.69) is 16.8 Å². The van der Waals surface area contributed by atoms with Gasteiger partial charge in [0.25, 0.3) is 0 Å². The van der Waals surface area contributed by atoms with Crippen LogP contribution in [0.2, 0.25) is 0 Å². The Kier molecular flexibility index (Phi) is 3.41. The molecule has 16 heavy (non-hydrogen) atoms. The monoisotopic (exact) mass is 232 g/mol. The topological polar surface area (TPSA) is 35.0 Å². The third-order valence-corrected chi connectivity index (χ3v) is 3.13. The highest BCUT2D eigenvalue weighted by molar-refractivity contribution is 7.99. The van der Waals surface area contributed by atoms with E-state index in [1.807, 2.05) is 30.3 Å². The number of aromatic nitrogens is 2. The van der Waals surface area contributed by atoms with Gasteiger partial charge in [-0.15, -0.1) is 16.8 Å². The first kappa shape index (κ1) is 11.0. The van der Waals surface area contributed by atoms with E-state index in [0.29, 0.717) is 5.88 Å². The molecule has 0 spiro atoms. The van der Waals surface area contributed by atoms with Crippen LogP contribution in [0.5, 0.6) is 5.88 Å². The number of hydrogen-bond acceptors (Lipinski definition) is 4. The van der Waals surface area contributed by atoms with Gasteiger partial charge in [-0.1, -0.05) is 36.0 Å². The van der Waals surface area contributed by atoms with Crippen LogP contribution >= 0.6 is 11.8 Å². The second-order valence-electron chi connectivity index (χ2n) is 3.16. The van der Waals surface area contributed by atoms with Crippen molar-refractivity contribution in [3.05, 3.63) is 36.9 Å². The van der Waals surface area contributed by atoms with Crippen molar-refractivity contribution in [1.82, 2.24) is 10.2 Å². The van der Waals surface area contributed by atoms with Gasteiger partial charge in [-0.25, -0.2) is 0 Å².